The normalized spacial score (nSPS) is 12.5. The Hall–Kier alpha value is -0.520. The summed E-state index contributed by atoms with van der Waals surface area (Å²) in [7, 11) is 0. The number of allylic oxidation sites excluding steroid dienone is 2. The van der Waals surface area contributed by atoms with E-state index >= 15 is 0 Å². The van der Waals surface area contributed by atoms with Gasteiger partial charge in [-0.15, -0.1) is 0 Å². The summed E-state index contributed by atoms with van der Waals surface area (Å²) >= 11 is 0. The molecule has 14 heavy (non-hydrogen) atoms. The second kappa shape index (κ2) is 6.86. The Morgan fingerprint density at radius 2 is 1.43 bits per heavy atom. The van der Waals surface area contributed by atoms with Gasteiger partial charge in [-0.3, -0.25) is 0 Å². The lowest BCUT2D eigenvalue weighted by molar-refractivity contribution is 0.506. The van der Waals surface area contributed by atoms with E-state index in [4.69, 9.17) is 0 Å². The average molecular weight is 196 g/mol. The van der Waals surface area contributed by atoms with Crippen LogP contribution in [0.4, 0.5) is 0 Å². The fourth-order valence-electron chi connectivity index (χ4n) is 0.348. The van der Waals surface area contributed by atoms with Crippen molar-refractivity contribution in [3.63, 3.8) is 0 Å². The molecule has 0 aliphatic carbocycles. The zero-order valence-corrected chi connectivity index (χ0v) is 11.2. The highest BCUT2D eigenvalue weighted by Crippen LogP contribution is 2.21. The molecular weight excluding hydrogens is 168 g/mol. The van der Waals surface area contributed by atoms with E-state index in [9.17, 15) is 0 Å². The monoisotopic (exact) mass is 196 g/mol. The molecule has 0 bridgehead atoms. The smallest absolute Gasteiger partial charge is 0.0178 e. The summed E-state index contributed by atoms with van der Waals surface area (Å²) in [4.78, 5) is 0. The van der Waals surface area contributed by atoms with Crippen molar-refractivity contribution in [2.45, 2.75) is 54.9 Å². The molecule has 0 saturated carbocycles. The van der Waals surface area contributed by atoms with Gasteiger partial charge in [0.25, 0.3) is 0 Å². The molecule has 0 heterocycles. The SMILES string of the molecule is C=C(C)C(C)(C)C.C=C(C)C(C)CC. The molecule has 0 aliphatic rings. The Labute approximate surface area is 91.1 Å². The summed E-state index contributed by atoms with van der Waals surface area (Å²) < 4.78 is 0. The van der Waals surface area contributed by atoms with Crippen molar-refractivity contribution in [3.8, 4) is 0 Å². The first-order valence-corrected chi connectivity index (χ1v) is 5.44. The van der Waals surface area contributed by atoms with E-state index < -0.39 is 0 Å². The number of hydrogen-bond acceptors (Lipinski definition) is 0. The van der Waals surface area contributed by atoms with Crippen molar-refractivity contribution in [1.82, 2.24) is 0 Å². The van der Waals surface area contributed by atoms with E-state index in [1.54, 1.807) is 0 Å². The van der Waals surface area contributed by atoms with Crippen LogP contribution in [0.25, 0.3) is 0 Å². The van der Waals surface area contributed by atoms with Gasteiger partial charge in [-0.25, -0.2) is 0 Å². The minimum absolute atomic E-state index is 0.306. The van der Waals surface area contributed by atoms with Gasteiger partial charge in [-0.2, -0.15) is 0 Å². The van der Waals surface area contributed by atoms with Crippen LogP contribution in [0, 0.1) is 11.3 Å². The van der Waals surface area contributed by atoms with Crippen LogP contribution in [0.15, 0.2) is 24.3 Å². The maximum atomic E-state index is 3.83. The first-order chi connectivity index (χ1) is 6.12. The molecule has 0 radical (unpaired) electrons. The Kier molecular flexibility index (Phi) is 7.81. The molecule has 1 atom stereocenters. The maximum Gasteiger partial charge on any atom is -0.0178 e. The zero-order chi connectivity index (χ0) is 11.9. The molecule has 0 N–H and O–H groups in total. The topological polar surface area (TPSA) is 0 Å². The van der Waals surface area contributed by atoms with Crippen LogP contribution in [0.3, 0.4) is 0 Å². The highest BCUT2D eigenvalue weighted by molar-refractivity contribution is 4.99. The van der Waals surface area contributed by atoms with E-state index in [1.807, 2.05) is 0 Å². The molecular formula is C14H28. The Bertz CT molecular complexity index is 179. The molecule has 0 aromatic heterocycles. The summed E-state index contributed by atoms with van der Waals surface area (Å²) in [6.07, 6.45) is 1.22. The van der Waals surface area contributed by atoms with E-state index in [1.165, 1.54) is 17.6 Å². The van der Waals surface area contributed by atoms with E-state index in [0.29, 0.717) is 11.3 Å². The quantitative estimate of drug-likeness (QED) is 0.531. The van der Waals surface area contributed by atoms with Crippen molar-refractivity contribution in [2.24, 2.45) is 11.3 Å². The molecule has 1 unspecified atom stereocenters. The molecule has 0 rings (SSSR count). The highest BCUT2D eigenvalue weighted by Gasteiger charge is 2.08. The molecule has 0 saturated heterocycles. The predicted molar refractivity (Wildman–Crippen MR) is 68.5 cm³/mol. The van der Waals surface area contributed by atoms with Crippen LogP contribution < -0.4 is 0 Å². The van der Waals surface area contributed by atoms with Crippen molar-refractivity contribution < 1.29 is 0 Å². The number of rotatable bonds is 2. The van der Waals surface area contributed by atoms with Crippen LogP contribution in [0.1, 0.15) is 54.9 Å². The third-order valence-electron chi connectivity index (χ3n) is 2.73. The van der Waals surface area contributed by atoms with Crippen molar-refractivity contribution in [1.29, 1.82) is 0 Å². The lowest BCUT2D eigenvalue weighted by atomic mass is 9.89. The molecule has 0 aliphatic heterocycles. The van der Waals surface area contributed by atoms with Gasteiger partial charge in [0.05, 0.1) is 0 Å². The van der Waals surface area contributed by atoms with Gasteiger partial charge >= 0.3 is 0 Å². The third kappa shape index (κ3) is 9.57. The summed E-state index contributed by atoms with van der Waals surface area (Å²) in [5, 5.41) is 0. The largest absolute Gasteiger partial charge is 0.0999 e. The van der Waals surface area contributed by atoms with Crippen LogP contribution in [-0.2, 0) is 0 Å². The second-order valence-corrected chi connectivity index (χ2v) is 5.19. The molecule has 84 valence electrons. The van der Waals surface area contributed by atoms with Crippen molar-refractivity contribution in [2.75, 3.05) is 0 Å². The minimum Gasteiger partial charge on any atom is -0.0999 e. The summed E-state index contributed by atoms with van der Waals surface area (Å²) in [5.41, 5.74) is 2.84. The summed E-state index contributed by atoms with van der Waals surface area (Å²) in [6.45, 7) is 22.6. The molecule has 0 nitrogen and oxygen atoms in total. The first-order valence-electron chi connectivity index (χ1n) is 5.44. The van der Waals surface area contributed by atoms with Crippen LogP contribution in [-0.4, -0.2) is 0 Å². The lowest BCUT2D eigenvalue weighted by Crippen LogP contribution is -2.04. The van der Waals surface area contributed by atoms with Crippen LogP contribution >= 0.6 is 0 Å². The van der Waals surface area contributed by atoms with Gasteiger partial charge in [0, 0.05) is 0 Å². The standard InChI is InChI=1S/2C7H14/c1-6(2)7(3,4)5;1-5-7(4)6(2)3/h1H2,2-5H3;7H,2,5H2,1,3-4H3. The Morgan fingerprint density at radius 3 is 1.43 bits per heavy atom. The third-order valence-corrected chi connectivity index (χ3v) is 2.73. The second-order valence-electron chi connectivity index (χ2n) is 5.19. The van der Waals surface area contributed by atoms with Crippen LogP contribution in [0.5, 0.6) is 0 Å². The zero-order valence-electron chi connectivity index (χ0n) is 11.2. The van der Waals surface area contributed by atoms with Gasteiger partial charge in [-0.1, -0.05) is 58.9 Å². The Morgan fingerprint density at radius 1 is 1.14 bits per heavy atom. The summed E-state index contributed by atoms with van der Waals surface area (Å²) in [6, 6.07) is 0. The van der Waals surface area contributed by atoms with E-state index in [-0.39, 0.29) is 0 Å². The van der Waals surface area contributed by atoms with Gasteiger partial charge in [-0.05, 0) is 31.6 Å². The van der Waals surface area contributed by atoms with Gasteiger partial charge in [0.1, 0.15) is 0 Å². The summed E-state index contributed by atoms with van der Waals surface area (Å²) in [5.74, 6) is 0.708. The molecule has 0 spiro atoms. The van der Waals surface area contributed by atoms with E-state index in [2.05, 4.69) is 61.6 Å². The predicted octanol–water partition coefficient (Wildman–Crippen LogP) is 5.22. The first kappa shape index (κ1) is 15.9. The minimum atomic E-state index is 0.306. The fraction of sp³-hybridized carbons (Fsp3) is 0.714. The maximum absolute atomic E-state index is 3.83. The lowest BCUT2D eigenvalue weighted by Gasteiger charge is -2.16. The molecule has 0 aromatic carbocycles. The molecule has 0 aromatic rings. The molecule has 0 amide bonds. The van der Waals surface area contributed by atoms with Gasteiger partial charge < -0.3 is 0 Å². The van der Waals surface area contributed by atoms with Gasteiger partial charge in [0.15, 0.2) is 0 Å². The van der Waals surface area contributed by atoms with Crippen molar-refractivity contribution >= 4 is 0 Å². The van der Waals surface area contributed by atoms with Crippen molar-refractivity contribution in [3.05, 3.63) is 24.3 Å². The van der Waals surface area contributed by atoms with E-state index in [0.717, 1.165) is 0 Å². The fourth-order valence-corrected chi connectivity index (χ4v) is 0.348. The highest BCUT2D eigenvalue weighted by atomic mass is 14.1. The molecule has 0 heteroatoms. The average Bonchev–Trinajstić information content (AvgIpc) is 2.02. The van der Waals surface area contributed by atoms with Crippen LogP contribution in [0.2, 0.25) is 0 Å². The molecule has 0 fully saturated rings. The van der Waals surface area contributed by atoms with Gasteiger partial charge in [0.2, 0.25) is 0 Å². The number of hydrogen-bond donors (Lipinski definition) is 0. The Balaban J connectivity index is 0.